The number of aryl methyl sites for hydroxylation is 2. The first-order valence-electron chi connectivity index (χ1n) is 12.1. The summed E-state index contributed by atoms with van der Waals surface area (Å²) in [6, 6.07) is 14.1. The maximum absolute atomic E-state index is 13.2. The van der Waals surface area contributed by atoms with Crippen LogP contribution < -0.4 is 10.9 Å². The Hall–Kier alpha value is -4.38. The predicted molar refractivity (Wildman–Crippen MR) is 135 cm³/mol. The van der Waals surface area contributed by atoms with Crippen LogP contribution in [-0.2, 0) is 24.9 Å². The molecule has 1 aliphatic rings. The van der Waals surface area contributed by atoms with E-state index in [-0.39, 0.29) is 24.1 Å². The van der Waals surface area contributed by atoms with Crippen molar-refractivity contribution >= 4 is 17.1 Å². The molecule has 0 aliphatic carbocycles. The maximum atomic E-state index is 13.2. The van der Waals surface area contributed by atoms with Crippen molar-refractivity contribution in [2.75, 3.05) is 11.9 Å². The van der Waals surface area contributed by atoms with Crippen LogP contribution in [0.3, 0.4) is 0 Å². The number of ether oxygens (including phenoxy) is 1. The first-order chi connectivity index (χ1) is 18.0. The molecule has 1 saturated heterocycles. The second kappa shape index (κ2) is 9.58. The largest absolute Gasteiger partial charge is 0.373 e. The van der Waals surface area contributed by atoms with Crippen LogP contribution in [0.25, 0.3) is 11.2 Å². The Morgan fingerprint density at radius 1 is 1.11 bits per heavy atom. The van der Waals surface area contributed by atoms with Crippen molar-refractivity contribution in [3.05, 3.63) is 93.9 Å². The van der Waals surface area contributed by atoms with Crippen LogP contribution >= 0.6 is 0 Å². The minimum absolute atomic E-state index is 0.00657. The van der Waals surface area contributed by atoms with E-state index in [9.17, 15) is 4.79 Å². The molecule has 1 N–H and O–H groups in total. The van der Waals surface area contributed by atoms with E-state index < -0.39 is 0 Å². The highest BCUT2D eigenvalue weighted by atomic mass is 16.5. The summed E-state index contributed by atoms with van der Waals surface area (Å²) in [5, 5.41) is 7.38. The van der Waals surface area contributed by atoms with Crippen molar-refractivity contribution in [1.82, 2.24) is 34.2 Å². The molecule has 1 aliphatic heterocycles. The number of nitrogens with one attached hydrogen (secondary N) is 1. The monoisotopic (exact) mass is 498 g/mol. The third kappa shape index (κ3) is 4.60. The van der Waals surface area contributed by atoms with Gasteiger partial charge in [0.2, 0.25) is 11.8 Å². The van der Waals surface area contributed by atoms with Crippen molar-refractivity contribution in [2.45, 2.75) is 38.5 Å². The molecule has 188 valence electrons. The highest BCUT2D eigenvalue weighted by Crippen LogP contribution is 2.37. The normalized spacial score (nSPS) is 17.5. The Kier molecular flexibility index (Phi) is 5.97. The fourth-order valence-electron chi connectivity index (χ4n) is 4.53. The van der Waals surface area contributed by atoms with E-state index in [0.717, 1.165) is 17.7 Å². The molecule has 5 heterocycles. The van der Waals surface area contributed by atoms with E-state index in [4.69, 9.17) is 9.26 Å². The Bertz CT molecular complexity index is 1590. The molecule has 0 bridgehead atoms. The number of hydrogen-bond donors (Lipinski definition) is 1. The van der Waals surface area contributed by atoms with Gasteiger partial charge in [0.1, 0.15) is 12.9 Å². The molecule has 2 atom stereocenters. The zero-order chi connectivity index (χ0) is 25.4. The van der Waals surface area contributed by atoms with Crippen molar-refractivity contribution < 1.29 is 9.26 Å². The van der Waals surface area contributed by atoms with E-state index in [2.05, 4.69) is 61.6 Å². The third-order valence-corrected chi connectivity index (χ3v) is 6.61. The summed E-state index contributed by atoms with van der Waals surface area (Å²) in [6.45, 7) is 3.18. The lowest BCUT2D eigenvalue weighted by Crippen LogP contribution is -2.23. The lowest BCUT2D eigenvalue weighted by molar-refractivity contribution is 0.110. The van der Waals surface area contributed by atoms with E-state index in [1.54, 1.807) is 17.8 Å². The third-order valence-electron chi connectivity index (χ3n) is 6.61. The van der Waals surface area contributed by atoms with Gasteiger partial charge in [-0.3, -0.25) is 14.3 Å². The smallest absolute Gasteiger partial charge is 0.280 e. The van der Waals surface area contributed by atoms with Gasteiger partial charge in [0, 0.05) is 19.2 Å². The van der Waals surface area contributed by atoms with Gasteiger partial charge in [-0.1, -0.05) is 41.1 Å². The van der Waals surface area contributed by atoms with Gasteiger partial charge >= 0.3 is 0 Å². The molecule has 37 heavy (non-hydrogen) atoms. The second-order valence-electron chi connectivity index (χ2n) is 9.23. The molecule has 1 aromatic carbocycles. The van der Waals surface area contributed by atoms with Gasteiger partial charge in [-0.15, -0.1) is 0 Å². The highest BCUT2D eigenvalue weighted by Gasteiger charge is 2.31. The van der Waals surface area contributed by atoms with Crippen molar-refractivity contribution in [2.24, 2.45) is 7.05 Å². The molecule has 0 spiro atoms. The summed E-state index contributed by atoms with van der Waals surface area (Å²) in [5.41, 5.74) is 3.74. The summed E-state index contributed by atoms with van der Waals surface area (Å²) in [4.78, 5) is 30.9. The van der Waals surface area contributed by atoms with Gasteiger partial charge in [0.15, 0.2) is 17.0 Å². The predicted octanol–water partition coefficient (Wildman–Crippen LogP) is 3.12. The molecule has 4 aromatic heterocycles. The number of anilines is 1. The molecule has 0 amide bonds. The van der Waals surface area contributed by atoms with Crippen LogP contribution in [0.2, 0.25) is 0 Å². The molecule has 1 fully saturated rings. The summed E-state index contributed by atoms with van der Waals surface area (Å²) in [6.07, 6.45) is 3.97. The summed E-state index contributed by atoms with van der Waals surface area (Å²) in [7, 11) is 1.78. The minimum Gasteiger partial charge on any atom is -0.373 e. The van der Waals surface area contributed by atoms with Gasteiger partial charge in [0.05, 0.1) is 24.9 Å². The summed E-state index contributed by atoms with van der Waals surface area (Å²) >= 11 is 0. The van der Waals surface area contributed by atoms with Crippen molar-refractivity contribution in [1.29, 1.82) is 0 Å². The van der Waals surface area contributed by atoms with Crippen LogP contribution in [0.5, 0.6) is 0 Å². The first-order valence-corrected chi connectivity index (χ1v) is 12.1. The lowest BCUT2D eigenvalue weighted by atomic mass is 9.99. The zero-order valence-corrected chi connectivity index (χ0v) is 20.5. The Morgan fingerprint density at radius 3 is 2.78 bits per heavy atom. The van der Waals surface area contributed by atoms with Crippen LogP contribution in [0.4, 0.5) is 5.95 Å². The molecular formula is C26H26N8O3. The van der Waals surface area contributed by atoms with Crippen molar-refractivity contribution in [3.8, 4) is 0 Å². The molecule has 11 heteroatoms. The molecule has 0 saturated carbocycles. The molecule has 0 unspecified atom stereocenters. The lowest BCUT2D eigenvalue weighted by Gasteiger charge is -2.09. The van der Waals surface area contributed by atoms with Crippen LogP contribution in [0, 0.1) is 6.92 Å². The average Bonchev–Trinajstić information content (AvgIpc) is 3.65. The average molecular weight is 499 g/mol. The number of aromatic nitrogens is 7. The number of imidazole rings is 1. The van der Waals surface area contributed by atoms with Crippen LogP contribution in [0.15, 0.2) is 64.3 Å². The SMILES string of the molecule is Cc1ccc([C@H]2C[C@H](c3noc(Cn4cnc5nc(NCc6ccccn6)n(C)c5c4=O)n3)CO2)cc1. The number of fused-ring (bicyclic) bond motifs is 1. The van der Waals surface area contributed by atoms with E-state index in [0.29, 0.717) is 42.0 Å². The first kappa shape index (κ1) is 23.0. The number of hydrogen-bond acceptors (Lipinski definition) is 9. The number of rotatable bonds is 7. The summed E-state index contributed by atoms with van der Waals surface area (Å²) in [5.74, 6) is 1.50. The quantitative estimate of drug-likeness (QED) is 0.360. The number of benzene rings is 1. The van der Waals surface area contributed by atoms with Gasteiger partial charge < -0.3 is 19.1 Å². The number of pyridine rings is 1. The molecule has 6 rings (SSSR count). The highest BCUT2D eigenvalue weighted by molar-refractivity contribution is 5.73. The molecule has 0 radical (unpaired) electrons. The Balaban J connectivity index is 1.16. The van der Waals surface area contributed by atoms with Crippen LogP contribution in [0.1, 0.15) is 47.0 Å². The topological polar surface area (TPSA) is 126 Å². The Morgan fingerprint density at radius 2 is 1.97 bits per heavy atom. The minimum atomic E-state index is -0.241. The van der Waals surface area contributed by atoms with Gasteiger partial charge in [-0.2, -0.15) is 9.97 Å². The molecule has 11 nitrogen and oxygen atoms in total. The maximum Gasteiger partial charge on any atom is 0.280 e. The molecular weight excluding hydrogens is 472 g/mol. The zero-order valence-electron chi connectivity index (χ0n) is 20.5. The van der Waals surface area contributed by atoms with E-state index >= 15 is 0 Å². The fourth-order valence-corrected chi connectivity index (χ4v) is 4.53. The van der Waals surface area contributed by atoms with E-state index in [1.807, 2.05) is 18.2 Å². The summed E-state index contributed by atoms with van der Waals surface area (Å²) < 4.78 is 14.6. The van der Waals surface area contributed by atoms with Gasteiger partial charge in [0.25, 0.3) is 5.56 Å². The van der Waals surface area contributed by atoms with E-state index in [1.165, 1.54) is 16.5 Å². The molecule has 5 aromatic rings. The Labute approximate surface area is 212 Å². The fraction of sp³-hybridized carbons (Fsp3) is 0.308. The van der Waals surface area contributed by atoms with Gasteiger partial charge in [-0.05, 0) is 31.0 Å². The standard InChI is InChI=1S/C26H26N8O3/c1-16-6-8-17(9-7-16)20-11-18(14-36-20)23-30-21(37-32-23)13-34-15-29-24-22(25(34)35)33(2)26(31-24)28-12-19-5-3-4-10-27-19/h3-10,15,18,20H,11-14H2,1-2H3,(H,28,31)/t18-,20+/m0/s1. The van der Waals surface area contributed by atoms with Crippen molar-refractivity contribution in [3.63, 3.8) is 0 Å². The van der Waals surface area contributed by atoms with Crippen LogP contribution in [-0.4, -0.2) is 40.8 Å². The van der Waals surface area contributed by atoms with Gasteiger partial charge in [-0.25, -0.2) is 4.98 Å². The second-order valence-corrected chi connectivity index (χ2v) is 9.23. The number of nitrogens with zero attached hydrogens (tertiary/aromatic N) is 7.